The van der Waals surface area contributed by atoms with Gasteiger partial charge in [0.1, 0.15) is 5.56 Å². The number of hydrogen-bond donors (Lipinski definition) is 1. The number of benzene rings is 1. The van der Waals surface area contributed by atoms with E-state index < -0.39 is 4.92 Å². The van der Waals surface area contributed by atoms with Crippen LogP contribution < -0.4 is 5.73 Å². The molecule has 2 N–H and O–H groups in total. The summed E-state index contributed by atoms with van der Waals surface area (Å²) in [5.41, 5.74) is 5.89. The molecule has 7 heteroatoms. The summed E-state index contributed by atoms with van der Waals surface area (Å²) < 4.78 is 0. The molecule has 1 aromatic rings. The number of amides is 1. The van der Waals surface area contributed by atoms with E-state index in [2.05, 4.69) is 6.92 Å². The normalized spacial score (nSPS) is 22.6. The second-order valence-corrected chi connectivity index (χ2v) is 6.33. The van der Waals surface area contributed by atoms with Gasteiger partial charge in [0.2, 0.25) is 0 Å². The van der Waals surface area contributed by atoms with Gasteiger partial charge in [0, 0.05) is 35.3 Å². The standard InChI is InChI=1S/C13H17N3O3S/c1-8-9(2)20-6-5-15(8)13(17)11-7-10(14)3-4-12(11)16(18)19/h3-4,7-9H,5-6,14H2,1-2H3. The average Bonchev–Trinajstić information content (AvgIpc) is 2.40. The smallest absolute Gasteiger partial charge is 0.282 e. The lowest BCUT2D eigenvalue weighted by atomic mass is 10.1. The number of carbonyl (C=O) groups excluding carboxylic acids is 1. The van der Waals surface area contributed by atoms with E-state index in [0.29, 0.717) is 17.5 Å². The van der Waals surface area contributed by atoms with Gasteiger partial charge in [-0.1, -0.05) is 6.92 Å². The van der Waals surface area contributed by atoms with Gasteiger partial charge < -0.3 is 10.6 Å². The number of thioether (sulfide) groups is 1. The fourth-order valence-corrected chi connectivity index (χ4v) is 3.36. The maximum absolute atomic E-state index is 12.6. The lowest BCUT2D eigenvalue weighted by molar-refractivity contribution is -0.385. The molecule has 2 atom stereocenters. The first-order valence-corrected chi connectivity index (χ1v) is 7.43. The minimum atomic E-state index is -0.542. The van der Waals surface area contributed by atoms with Gasteiger partial charge in [0.25, 0.3) is 11.6 Å². The Labute approximate surface area is 121 Å². The van der Waals surface area contributed by atoms with Crippen LogP contribution in [-0.4, -0.2) is 39.3 Å². The van der Waals surface area contributed by atoms with Crippen molar-refractivity contribution in [3.05, 3.63) is 33.9 Å². The topological polar surface area (TPSA) is 89.5 Å². The molecule has 0 aromatic heterocycles. The van der Waals surface area contributed by atoms with Gasteiger partial charge in [-0.3, -0.25) is 14.9 Å². The highest BCUT2D eigenvalue weighted by molar-refractivity contribution is 8.00. The predicted octanol–water partition coefficient (Wildman–Crippen LogP) is 2.14. The Bertz CT molecular complexity index is 550. The molecule has 2 unspecified atom stereocenters. The molecule has 6 nitrogen and oxygen atoms in total. The van der Waals surface area contributed by atoms with Crippen molar-refractivity contribution < 1.29 is 9.72 Å². The lowest BCUT2D eigenvalue weighted by Gasteiger charge is -2.37. The third kappa shape index (κ3) is 2.72. The minimum Gasteiger partial charge on any atom is -0.399 e. The van der Waals surface area contributed by atoms with E-state index >= 15 is 0 Å². The number of anilines is 1. The SMILES string of the molecule is CC1SCCN(C(=O)c2cc(N)ccc2[N+](=O)[O-])C1C. The van der Waals surface area contributed by atoms with Gasteiger partial charge >= 0.3 is 0 Å². The highest BCUT2D eigenvalue weighted by Crippen LogP contribution is 2.29. The van der Waals surface area contributed by atoms with Crippen molar-refractivity contribution in [1.82, 2.24) is 4.90 Å². The number of carbonyl (C=O) groups is 1. The summed E-state index contributed by atoms with van der Waals surface area (Å²) in [4.78, 5) is 24.8. The Morgan fingerprint density at radius 3 is 2.85 bits per heavy atom. The molecule has 0 spiro atoms. The summed E-state index contributed by atoms with van der Waals surface area (Å²) in [6, 6.07) is 4.16. The first-order valence-electron chi connectivity index (χ1n) is 6.38. The first kappa shape index (κ1) is 14.6. The number of rotatable bonds is 2. The Kier molecular flexibility index (Phi) is 4.17. The van der Waals surface area contributed by atoms with E-state index in [1.807, 2.05) is 6.92 Å². The molecule has 1 saturated heterocycles. The zero-order chi connectivity index (χ0) is 14.9. The average molecular weight is 295 g/mol. The minimum absolute atomic E-state index is 0.0438. The van der Waals surface area contributed by atoms with Gasteiger partial charge in [0.05, 0.1) is 4.92 Å². The summed E-state index contributed by atoms with van der Waals surface area (Å²) in [7, 11) is 0. The van der Waals surface area contributed by atoms with E-state index in [1.54, 1.807) is 16.7 Å². The van der Waals surface area contributed by atoms with E-state index in [0.717, 1.165) is 5.75 Å². The highest BCUT2D eigenvalue weighted by Gasteiger charge is 2.32. The van der Waals surface area contributed by atoms with Gasteiger partial charge in [-0.15, -0.1) is 0 Å². The Morgan fingerprint density at radius 2 is 2.20 bits per heavy atom. The highest BCUT2D eigenvalue weighted by atomic mass is 32.2. The van der Waals surface area contributed by atoms with E-state index in [-0.39, 0.29) is 23.2 Å². The quantitative estimate of drug-likeness (QED) is 0.513. The molecule has 0 bridgehead atoms. The van der Waals surface area contributed by atoms with Crippen LogP contribution in [0.15, 0.2) is 18.2 Å². The van der Waals surface area contributed by atoms with Crippen LogP contribution in [0.4, 0.5) is 11.4 Å². The van der Waals surface area contributed by atoms with Crippen LogP contribution in [0.1, 0.15) is 24.2 Å². The Hall–Kier alpha value is -1.76. The summed E-state index contributed by atoms with van der Waals surface area (Å²) in [5, 5.41) is 11.4. The van der Waals surface area contributed by atoms with E-state index in [1.165, 1.54) is 18.2 Å². The monoisotopic (exact) mass is 295 g/mol. The molecule has 1 aliphatic rings. The van der Waals surface area contributed by atoms with Crippen molar-refractivity contribution in [2.24, 2.45) is 0 Å². The van der Waals surface area contributed by atoms with Crippen molar-refractivity contribution in [1.29, 1.82) is 0 Å². The maximum Gasteiger partial charge on any atom is 0.282 e. The number of nitrogens with zero attached hydrogens (tertiary/aromatic N) is 2. The Balaban J connectivity index is 2.37. The molecule has 1 amide bonds. The van der Waals surface area contributed by atoms with E-state index in [9.17, 15) is 14.9 Å². The van der Waals surface area contributed by atoms with Crippen LogP contribution in [0.3, 0.4) is 0 Å². The number of nitrogen functional groups attached to an aromatic ring is 1. The number of nitro groups is 1. The largest absolute Gasteiger partial charge is 0.399 e. The fourth-order valence-electron chi connectivity index (χ4n) is 2.26. The van der Waals surface area contributed by atoms with Crippen LogP contribution in [0.5, 0.6) is 0 Å². The van der Waals surface area contributed by atoms with Crippen LogP contribution in [-0.2, 0) is 0 Å². The van der Waals surface area contributed by atoms with E-state index in [4.69, 9.17) is 5.73 Å². The van der Waals surface area contributed by atoms with Gasteiger partial charge in [-0.05, 0) is 19.1 Å². The van der Waals surface area contributed by atoms with Crippen LogP contribution in [0, 0.1) is 10.1 Å². The molecule has 0 aliphatic carbocycles. The summed E-state index contributed by atoms with van der Waals surface area (Å²) in [5.74, 6) is 0.525. The second-order valence-electron chi connectivity index (χ2n) is 4.85. The zero-order valence-corrected chi connectivity index (χ0v) is 12.2. The van der Waals surface area contributed by atoms with Gasteiger partial charge in [0.15, 0.2) is 0 Å². The molecule has 0 radical (unpaired) electrons. The zero-order valence-electron chi connectivity index (χ0n) is 11.4. The molecule has 0 saturated carbocycles. The van der Waals surface area contributed by atoms with Crippen molar-refractivity contribution >= 4 is 29.0 Å². The summed E-state index contributed by atoms with van der Waals surface area (Å²) >= 11 is 1.80. The third-order valence-electron chi connectivity index (χ3n) is 3.59. The fraction of sp³-hybridized carbons (Fsp3) is 0.462. The molecule has 2 rings (SSSR count). The van der Waals surface area contributed by atoms with Crippen molar-refractivity contribution in [2.75, 3.05) is 18.0 Å². The van der Waals surface area contributed by atoms with Gasteiger partial charge in [-0.25, -0.2) is 0 Å². The van der Waals surface area contributed by atoms with Crippen LogP contribution in [0.25, 0.3) is 0 Å². The molecule has 108 valence electrons. The maximum atomic E-state index is 12.6. The predicted molar refractivity (Wildman–Crippen MR) is 79.9 cm³/mol. The Morgan fingerprint density at radius 1 is 1.50 bits per heavy atom. The third-order valence-corrected chi connectivity index (χ3v) is 4.93. The van der Waals surface area contributed by atoms with Crippen LogP contribution >= 0.6 is 11.8 Å². The molecule has 1 aromatic carbocycles. The number of hydrogen-bond acceptors (Lipinski definition) is 5. The van der Waals surface area contributed by atoms with Crippen LogP contribution in [0.2, 0.25) is 0 Å². The number of nitrogens with two attached hydrogens (primary N) is 1. The summed E-state index contributed by atoms with van der Waals surface area (Å²) in [6.07, 6.45) is 0. The molecule has 1 aliphatic heterocycles. The first-order chi connectivity index (χ1) is 9.41. The molecule has 1 heterocycles. The van der Waals surface area contributed by atoms with Crippen molar-refractivity contribution in [2.45, 2.75) is 25.1 Å². The molecular formula is C13H17N3O3S. The van der Waals surface area contributed by atoms with Crippen molar-refractivity contribution in [3.63, 3.8) is 0 Å². The molecule has 20 heavy (non-hydrogen) atoms. The summed E-state index contributed by atoms with van der Waals surface area (Å²) in [6.45, 7) is 4.62. The second kappa shape index (κ2) is 5.70. The molecule has 1 fully saturated rings. The van der Waals surface area contributed by atoms with Crippen molar-refractivity contribution in [3.8, 4) is 0 Å². The lowest BCUT2D eigenvalue weighted by Crippen LogP contribution is -2.48. The molecular weight excluding hydrogens is 278 g/mol. The van der Waals surface area contributed by atoms with Gasteiger partial charge in [-0.2, -0.15) is 11.8 Å². The number of nitro benzene ring substituents is 1.